The van der Waals surface area contributed by atoms with Crippen LogP contribution in [0.5, 0.6) is 5.75 Å². The number of aromatic nitrogens is 3. The molecule has 0 unspecified atom stereocenters. The first-order valence-corrected chi connectivity index (χ1v) is 12.6. The summed E-state index contributed by atoms with van der Waals surface area (Å²) in [6.45, 7) is 1.62. The van der Waals surface area contributed by atoms with Crippen molar-refractivity contribution in [2.75, 3.05) is 6.54 Å². The molecule has 0 atom stereocenters. The second-order valence-corrected chi connectivity index (χ2v) is 9.77. The van der Waals surface area contributed by atoms with Gasteiger partial charge in [-0.05, 0) is 60.5 Å². The van der Waals surface area contributed by atoms with Crippen LogP contribution in [0.4, 0.5) is 8.78 Å². The van der Waals surface area contributed by atoms with Gasteiger partial charge < -0.3 is 10.1 Å². The average molecular weight is 521 g/mol. The summed E-state index contributed by atoms with van der Waals surface area (Å²) < 4.78 is 35.8. The summed E-state index contributed by atoms with van der Waals surface area (Å²) >= 11 is 7.49. The summed E-state index contributed by atoms with van der Waals surface area (Å²) in [5.74, 6) is -0.443. The molecule has 0 fully saturated rings. The van der Waals surface area contributed by atoms with E-state index in [0.29, 0.717) is 37.8 Å². The van der Waals surface area contributed by atoms with Gasteiger partial charge in [0, 0.05) is 34.3 Å². The monoisotopic (exact) mass is 520 g/mol. The summed E-state index contributed by atoms with van der Waals surface area (Å²) in [5, 5.41) is 14.7. The molecule has 0 amide bonds. The molecule has 180 valence electrons. The molecule has 1 aliphatic rings. The van der Waals surface area contributed by atoms with Crippen LogP contribution < -0.4 is 10.1 Å². The highest BCUT2D eigenvalue weighted by atomic mass is 35.5. The number of nitrogens with zero attached hydrogens (tertiary/aromatic N) is 3. The number of rotatable bonds is 5. The molecule has 4 heterocycles. The Labute approximate surface area is 214 Å². The van der Waals surface area contributed by atoms with Gasteiger partial charge in [-0.2, -0.15) is 0 Å². The van der Waals surface area contributed by atoms with Crippen molar-refractivity contribution in [3.63, 3.8) is 0 Å². The SMILES string of the molecule is Fc1cccnc1COc1cc(Cl)ccc1-c1nnc(-c2ccc3c(c2)CNCC3)c2c(F)csc12. The van der Waals surface area contributed by atoms with Crippen molar-refractivity contribution in [3.8, 4) is 28.3 Å². The smallest absolute Gasteiger partial charge is 0.148 e. The normalized spacial score (nSPS) is 13.1. The summed E-state index contributed by atoms with van der Waals surface area (Å²) in [7, 11) is 0. The van der Waals surface area contributed by atoms with Gasteiger partial charge >= 0.3 is 0 Å². The fraction of sp³-hybridized carbons (Fsp3) is 0.148. The van der Waals surface area contributed by atoms with Crippen LogP contribution in [-0.2, 0) is 19.6 Å². The number of hydrogen-bond donors (Lipinski definition) is 1. The predicted octanol–water partition coefficient (Wildman–Crippen LogP) is 6.58. The van der Waals surface area contributed by atoms with Gasteiger partial charge in [0.1, 0.15) is 41.1 Å². The van der Waals surface area contributed by atoms with E-state index in [1.165, 1.54) is 46.2 Å². The number of halogens is 3. The lowest BCUT2D eigenvalue weighted by molar-refractivity contribution is 0.295. The molecule has 1 aliphatic heterocycles. The van der Waals surface area contributed by atoms with E-state index in [4.69, 9.17) is 16.3 Å². The number of benzene rings is 2. The van der Waals surface area contributed by atoms with Crippen LogP contribution in [0, 0.1) is 11.6 Å². The lowest BCUT2D eigenvalue weighted by Crippen LogP contribution is -2.23. The lowest BCUT2D eigenvalue weighted by Gasteiger charge is -2.18. The van der Waals surface area contributed by atoms with Gasteiger partial charge in [0.05, 0.1) is 10.1 Å². The number of hydrogen-bond acceptors (Lipinski definition) is 6. The van der Waals surface area contributed by atoms with E-state index < -0.39 is 5.82 Å². The van der Waals surface area contributed by atoms with E-state index in [0.717, 1.165) is 25.1 Å². The fourth-order valence-corrected chi connectivity index (χ4v) is 5.49. The number of nitrogens with one attached hydrogen (secondary N) is 1. The Morgan fingerprint density at radius 2 is 1.89 bits per heavy atom. The number of thiophene rings is 1. The van der Waals surface area contributed by atoms with Gasteiger partial charge in [0.2, 0.25) is 0 Å². The van der Waals surface area contributed by atoms with Gasteiger partial charge in [0.25, 0.3) is 0 Å². The highest BCUT2D eigenvalue weighted by Crippen LogP contribution is 2.41. The van der Waals surface area contributed by atoms with Crippen molar-refractivity contribution in [2.45, 2.75) is 19.6 Å². The maximum Gasteiger partial charge on any atom is 0.148 e. The fourth-order valence-electron chi connectivity index (χ4n) is 4.42. The maximum atomic E-state index is 15.1. The van der Waals surface area contributed by atoms with E-state index in [-0.39, 0.29) is 18.1 Å². The summed E-state index contributed by atoms with van der Waals surface area (Å²) in [6.07, 6.45) is 2.46. The van der Waals surface area contributed by atoms with Crippen LogP contribution in [0.15, 0.2) is 60.1 Å². The van der Waals surface area contributed by atoms with Crippen LogP contribution in [0.3, 0.4) is 0 Å². The first-order chi connectivity index (χ1) is 17.6. The number of ether oxygens (including phenoxy) is 1. The van der Waals surface area contributed by atoms with Gasteiger partial charge in [-0.1, -0.05) is 23.7 Å². The van der Waals surface area contributed by atoms with Crippen molar-refractivity contribution in [2.24, 2.45) is 0 Å². The van der Waals surface area contributed by atoms with Gasteiger partial charge in [-0.15, -0.1) is 21.5 Å². The molecule has 0 saturated carbocycles. The minimum absolute atomic E-state index is 0.101. The molecule has 36 heavy (non-hydrogen) atoms. The van der Waals surface area contributed by atoms with Crippen molar-refractivity contribution in [1.82, 2.24) is 20.5 Å². The third-order valence-electron chi connectivity index (χ3n) is 6.21. The van der Waals surface area contributed by atoms with E-state index in [2.05, 4.69) is 32.6 Å². The Morgan fingerprint density at radius 1 is 1.00 bits per heavy atom. The number of fused-ring (bicyclic) bond motifs is 2. The summed E-state index contributed by atoms with van der Waals surface area (Å²) in [6, 6.07) is 14.0. The molecule has 2 aromatic carbocycles. The molecule has 6 rings (SSSR count). The Kier molecular flexibility index (Phi) is 6.08. The second kappa shape index (κ2) is 9.54. The van der Waals surface area contributed by atoms with Gasteiger partial charge in [-0.3, -0.25) is 4.98 Å². The van der Waals surface area contributed by atoms with Crippen LogP contribution >= 0.6 is 22.9 Å². The van der Waals surface area contributed by atoms with Gasteiger partial charge in [-0.25, -0.2) is 8.78 Å². The van der Waals surface area contributed by atoms with Crippen molar-refractivity contribution in [3.05, 3.63) is 93.6 Å². The highest BCUT2D eigenvalue weighted by Gasteiger charge is 2.22. The zero-order chi connectivity index (χ0) is 24.6. The van der Waals surface area contributed by atoms with Gasteiger partial charge in [0.15, 0.2) is 0 Å². The van der Waals surface area contributed by atoms with E-state index >= 15 is 4.39 Å². The second-order valence-electron chi connectivity index (χ2n) is 8.46. The summed E-state index contributed by atoms with van der Waals surface area (Å²) in [4.78, 5) is 4.03. The molecule has 3 aromatic heterocycles. The van der Waals surface area contributed by atoms with Crippen LogP contribution in [0.25, 0.3) is 32.6 Å². The third-order valence-corrected chi connectivity index (χ3v) is 7.41. The largest absolute Gasteiger partial charge is 0.486 e. The molecule has 9 heteroatoms. The maximum absolute atomic E-state index is 15.1. The predicted molar refractivity (Wildman–Crippen MR) is 137 cm³/mol. The molecule has 0 saturated heterocycles. The Hall–Kier alpha value is -3.46. The molecule has 5 aromatic rings. The molecule has 0 aliphatic carbocycles. The quantitative estimate of drug-likeness (QED) is 0.284. The van der Waals surface area contributed by atoms with Crippen LogP contribution in [-0.4, -0.2) is 21.7 Å². The standard InChI is InChI=1S/C27H19ClF2N4OS/c28-18-5-6-19(23(11-18)35-13-22-20(29)2-1-8-32-22)26-27-24(21(30)14-36-27)25(33-34-26)16-4-3-15-7-9-31-12-17(15)10-16/h1-6,8,10-11,14,31H,7,9,12-13H2. The minimum atomic E-state index is -0.465. The van der Waals surface area contributed by atoms with E-state index in [1.54, 1.807) is 18.2 Å². The Balaban J connectivity index is 1.44. The first kappa shape index (κ1) is 23.0. The summed E-state index contributed by atoms with van der Waals surface area (Å²) in [5.41, 5.74) is 5.00. The highest BCUT2D eigenvalue weighted by molar-refractivity contribution is 7.17. The molecular formula is C27H19ClF2N4OS. The molecule has 0 spiro atoms. The Bertz CT molecular complexity index is 1610. The first-order valence-electron chi connectivity index (χ1n) is 11.4. The number of pyridine rings is 1. The molecular weight excluding hydrogens is 502 g/mol. The molecule has 0 radical (unpaired) electrons. The van der Waals surface area contributed by atoms with E-state index in [9.17, 15) is 4.39 Å². The third kappa shape index (κ3) is 4.21. The zero-order valence-electron chi connectivity index (χ0n) is 18.9. The van der Waals surface area contributed by atoms with Crippen molar-refractivity contribution >= 4 is 33.0 Å². The molecule has 1 N–H and O–H groups in total. The van der Waals surface area contributed by atoms with Crippen LogP contribution in [0.2, 0.25) is 5.02 Å². The van der Waals surface area contributed by atoms with Crippen molar-refractivity contribution in [1.29, 1.82) is 0 Å². The average Bonchev–Trinajstić information content (AvgIpc) is 3.29. The zero-order valence-corrected chi connectivity index (χ0v) is 20.5. The topological polar surface area (TPSA) is 59.9 Å². The van der Waals surface area contributed by atoms with Crippen molar-refractivity contribution < 1.29 is 13.5 Å². The minimum Gasteiger partial charge on any atom is -0.486 e. The lowest BCUT2D eigenvalue weighted by atomic mass is 9.96. The van der Waals surface area contributed by atoms with Crippen LogP contribution in [0.1, 0.15) is 16.8 Å². The van der Waals surface area contributed by atoms with E-state index in [1.807, 2.05) is 6.07 Å². The molecule has 5 nitrogen and oxygen atoms in total. The Morgan fingerprint density at radius 3 is 2.78 bits per heavy atom. The molecule has 0 bridgehead atoms.